The Kier molecular flexibility index (Phi) is 4.83. The molecular formula is C18H23N3O3. The maximum atomic E-state index is 12.6. The highest BCUT2D eigenvalue weighted by molar-refractivity contribution is 5.94. The van der Waals surface area contributed by atoms with Gasteiger partial charge >= 0.3 is 5.97 Å². The van der Waals surface area contributed by atoms with Gasteiger partial charge in [-0.2, -0.15) is 5.10 Å². The Hall–Kier alpha value is -2.37. The first-order valence-corrected chi connectivity index (χ1v) is 8.45. The van der Waals surface area contributed by atoms with Crippen molar-refractivity contribution in [1.82, 2.24) is 4.90 Å². The van der Waals surface area contributed by atoms with Gasteiger partial charge in [0.05, 0.1) is 5.69 Å². The molecule has 0 aliphatic carbocycles. The lowest BCUT2D eigenvalue weighted by atomic mass is 9.93. The number of carboxylic acid groups (broad SMARTS) is 1. The SMILES string of the molecule is CC1=NN(c2ccc(C(=O)N3CCC(CC(=O)O)CC3)cc2)CC1. The third-order valence-electron chi connectivity index (χ3n) is 4.75. The van der Waals surface area contributed by atoms with Crippen molar-refractivity contribution in [3.05, 3.63) is 29.8 Å². The molecule has 24 heavy (non-hydrogen) atoms. The van der Waals surface area contributed by atoms with Crippen LogP contribution in [0.25, 0.3) is 0 Å². The number of likely N-dealkylation sites (tertiary alicyclic amines) is 1. The van der Waals surface area contributed by atoms with Gasteiger partial charge in [0, 0.05) is 43.8 Å². The van der Waals surface area contributed by atoms with Crippen LogP contribution in [0.15, 0.2) is 29.4 Å². The maximum Gasteiger partial charge on any atom is 0.303 e. The number of hydrazone groups is 1. The molecule has 6 heteroatoms. The van der Waals surface area contributed by atoms with Crippen LogP contribution in [-0.4, -0.2) is 47.2 Å². The average molecular weight is 329 g/mol. The number of carbonyl (C=O) groups excluding carboxylic acids is 1. The molecule has 2 heterocycles. The lowest BCUT2D eigenvalue weighted by molar-refractivity contribution is -0.138. The van der Waals surface area contributed by atoms with Gasteiger partial charge in [0.2, 0.25) is 0 Å². The van der Waals surface area contributed by atoms with E-state index in [4.69, 9.17) is 5.11 Å². The summed E-state index contributed by atoms with van der Waals surface area (Å²) in [4.78, 5) is 25.2. The Morgan fingerprint density at radius 3 is 2.38 bits per heavy atom. The first-order valence-electron chi connectivity index (χ1n) is 8.45. The Morgan fingerprint density at radius 2 is 1.83 bits per heavy atom. The predicted octanol–water partition coefficient (Wildman–Crippen LogP) is 2.60. The van der Waals surface area contributed by atoms with Crippen LogP contribution in [0.4, 0.5) is 5.69 Å². The predicted molar refractivity (Wildman–Crippen MR) is 92.4 cm³/mol. The van der Waals surface area contributed by atoms with Crippen LogP contribution in [0, 0.1) is 5.92 Å². The van der Waals surface area contributed by atoms with Crippen molar-refractivity contribution in [1.29, 1.82) is 0 Å². The number of nitrogens with zero attached hydrogens (tertiary/aromatic N) is 3. The maximum absolute atomic E-state index is 12.6. The van der Waals surface area contributed by atoms with E-state index in [-0.39, 0.29) is 18.2 Å². The summed E-state index contributed by atoms with van der Waals surface area (Å²) in [6.45, 7) is 4.17. The zero-order chi connectivity index (χ0) is 17.1. The third-order valence-corrected chi connectivity index (χ3v) is 4.75. The highest BCUT2D eigenvalue weighted by Gasteiger charge is 2.25. The summed E-state index contributed by atoms with van der Waals surface area (Å²) in [6.07, 6.45) is 2.70. The molecule has 1 aromatic carbocycles. The number of aliphatic carboxylic acids is 1. The number of hydrogen-bond acceptors (Lipinski definition) is 4. The molecule has 2 aliphatic rings. The molecule has 128 valence electrons. The minimum Gasteiger partial charge on any atom is -0.481 e. The van der Waals surface area contributed by atoms with E-state index >= 15 is 0 Å². The zero-order valence-corrected chi connectivity index (χ0v) is 13.9. The fourth-order valence-corrected chi connectivity index (χ4v) is 3.31. The first-order chi connectivity index (χ1) is 11.5. The third kappa shape index (κ3) is 3.75. The first kappa shape index (κ1) is 16.5. The normalized spacial score (nSPS) is 18.6. The number of anilines is 1. The van der Waals surface area contributed by atoms with E-state index in [1.54, 1.807) is 0 Å². The van der Waals surface area contributed by atoms with E-state index in [0.29, 0.717) is 18.7 Å². The van der Waals surface area contributed by atoms with Crippen LogP contribution in [-0.2, 0) is 4.79 Å². The van der Waals surface area contributed by atoms with E-state index in [0.717, 1.165) is 37.2 Å². The number of carbonyl (C=O) groups is 2. The Balaban J connectivity index is 1.59. The molecule has 1 fully saturated rings. The van der Waals surface area contributed by atoms with E-state index in [9.17, 15) is 9.59 Å². The number of rotatable bonds is 4. The summed E-state index contributed by atoms with van der Waals surface area (Å²) >= 11 is 0. The van der Waals surface area contributed by atoms with Gasteiger partial charge in [-0.1, -0.05) is 0 Å². The quantitative estimate of drug-likeness (QED) is 0.921. The molecule has 0 unspecified atom stereocenters. The number of hydrogen-bond donors (Lipinski definition) is 1. The van der Waals surface area contributed by atoms with Gasteiger partial charge in [-0.25, -0.2) is 0 Å². The second kappa shape index (κ2) is 7.03. The molecule has 0 aromatic heterocycles. The lowest BCUT2D eigenvalue weighted by Crippen LogP contribution is -2.38. The monoisotopic (exact) mass is 329 g/mol. The molecule has 0 spiro atoms. The molecule has 3 rings (SSSR count). The molecule has 0 atom stereocenters. The minimum absolute atomic E-state index is 0.0245. The topological polar surface area (TPSA) is 73.2 Å². The van der Waals surface area contributed by atoms with Gasteiger partial charge in [-0.15, -0.1) is 0 Å². The highest BCUT2D eigenvalue weighted by atomic mass is 16.4. The second-order valence-electron chi connectivity index (χ2n) is 6.59. The largest absolute Gasteiger partial charge is 0.481 e. The van der Waals surface area contributed by atoms with Crippen molar-refractivity contribution in [2.24, 2.45) is 11.0 Å². The molecule has 1 aromatic rings. The van der Waals surface area contributed by atoms with Crippen LogP contribution in [0.1, 0.15) is 43.0 Å². The summed E-state index contributed by atoms with van der Waals surface area (Å²) in [5, 5.41) is 15.3. The number of piperidine rings is 1. The molecule has 0 saturated carbocycles. The van der Waals surface area contributed by atoms with Gasteiger partial charge in [-0.05, 0) is 49.9 Å². The molecule has 1 N–H and O–H groups in total. The van der Waals surface area contributed by atoms with Crippen molar-refractivity contribution in [3.63, 3.8) is 0 Å². The molecular weight excluding hydrogens is 306 g/mol. The Bertz CT molecular complexity index is 646. The molecule has 0 radical (unpaired) electrons. The van der Waals surface area contributed by atoms with Gasteiger partial charge in [-0.3, -0.25) is 14.6 Å². The number of amides is 1. The molecule has 2 aliphatic heterocycles. The zero-order valence-electron chi connectivity index (χ0n) is 13.9. The van der Waals surface area contributed by atoms with Crippen LogP contribution in [0.5, 0.6) is 0 Å². The average Bonchev–Trinajstić information content (AvgIpc) is 3.01. The summed E-state index contributed by atoms with van der Waals surface area (Å²) in [7, 11) is 0. The van der Waals surface area contributed by atoms with Crippen molar-refractivity contribution in [3.8, 4) is 0 Å². The lowest BCUT2D eigenvalue weighted by Gasteiger charge is -2.31. The number of benzene rings is 1. The fraction of sp³-hybridized carbons (Fsp3) is 0.500. The van der Waals surface area contributed by atoms with Crippen molar-refractivity contribution in [2.75, 3.05) is 24.6 Å². The molecule has 0 bridgehead atoms. The summed E-state index contributed by atoms with van der Waals surface area (Å²) < 4.78 is 0. The van der Waals surface area contributed by atoms with E-state index in [2.05, 4.69) is 5.10 Å². The fourth-order valence-electron chi connectivity index (χ4n) is 3.31. The molecule has 1 saturated heterocycles. The van der Waals surface area contributed by atoms with Gasteiger partial charge in [0.1, 0.15) is 0 Å². The summed E-state index contributed by atoms with van der Waals surface area (Å²) in [6, 6.07) is 7.58. The highest BCUT2D eigenvalue weighted by Crippen LogP contribution is 2.24. The van der Waals surface area contributed by atoms with Gasteiger partial charge in [0.15, 0.2) is 0 Å². The van der Waals surface area contributed by atoms with Crippen molar-refractivity contribution < 1.29 is 14.7 Å². The molecule has 6 nitrogen and oxygen atoms in total. The van der Waals surface area contributed by atoms with E-state index in [1.165, 1.54) is 0 Å². The second-order valence-corrected chi connectivity index (χ2v) is 6.59. The Morgan fingerprint density at radius 1 is 1.17 bits per heavy atom. The van der Waals surface area contributed by atoms with Crippen LogP contribution in [0.3, 0.4) is 0 Å². The van der Waals surface area contributed by atoms with Crippen LogP contribution in [0.2, 0.25) is 0 Å². The standard InChI is InChI=1S/C18H23N3O3/c1-13-6-11-21(19-13)16-4-2-15(3-5-16)18(24)20-9-7-14(8-10-20)12-17(22)23/h2-5,14H,6-12H2,1H3,(H,22,23). The van der Waals surface area contributed by atoms with E-state index in [1.807, 2.05) is 41.1 Å². The van der Waals surface area contributed by atoms with Gasteiger partial charge < -0.3 is 10.0 Å². The van der Waals surface area contributed by atoms with E-state index < -0.39 is 5.97 Å². The van der Waals surface area contributed by atoms with Crippen LogP contribution >= 0.6 is 0 Å². The summed E-state index contributed by atoms with van der Waals surface area (Å²) in [5.41, 5.74) is 2.80. The van der Waals surface area contributed by atoms with Crippen molar-refractivity contribution in [2.45, 2.75) is 32.6 Å². The van der Waals surface area contributed by atoms with Crippen LogP contribution < -0.4 is 5.01 Å². The smallest absolute Gasteiger partial charge is 0.303 e. The molecule has 1 amide bonds. The summed E-state index contributed by atoms with van der Waals surface area (Å²) in [5.74, 6) is -0.545. The van der Waals surface area contributed by atoms with Crippen molar-refractivity contribution >= 4 is 23.3 Å². The van der Waals surface area contributed by atoms with Gasteiger partial charge in [0.25, 0.3) is 5.91 Å². The Labute approximate surface area is 141 Å². The minimum atomic E-state index is -0.754. The number of carboxylic acids is 1.